The molecule has 43 heavy (non-hydrogen) atoms. The number of thioether (sulfide) groups is 1. The van der Waals surface area contributed by atoms with Crippen molar-refractivity contribution in [2.45, 2.75) is 30.2 Å². The molecule has 4 aromatic rings. The van der Waals surface area contributed by atoms with Crippen molar-refractivity contribution >= 4 is 34.9 Å². The van der Waals surface area contributed by atoms with Gasteiger partial charge in [-0.3, -0.25) is 14.3 Å². The number of benzene rings is 1. The van der Waals surface area contributed by atoms with Gasteiger partial charge < -0.3 is 24.6 Å². The van der Waals surface area contributed by atoms with Gasteiger partial charge in [0.05, 0.1) is 30.3 Å². The first kappa shape index (κ1) is 29.0. The number of carbonyl (C=O) groups is 2. The van der Waals surface area contributed by atoms with Gasteiger partial charge >= 0.3 is 6.61 Å². The molecule has 0 atom stereocenters. The predicted molar refractivity (Wildman–Crippen MR) is 154 cm³/mol. The number of fused-ring (bicyclic) bond motifs is 1. The maximum absolute atomic E-state index is 13.5. The third-order valence-electron chi connectivity index (χ3n) is 7.34. The molecule has 2 amide bonds. The summed E-state index contributed by atoms with van der Waals surface area (Å²) in [6, 6.07) is 6.55. The summed E-state index contributed by atoms with van der Waals surface area (Å²) in [5.74, 6) is -0.762. The number of amides is 2. The molecule has 226 valence electrons. The highest BCUT2D eigenvalue weighted by Crippen LogP contribution is 2.39. The number of halogens is 2. The monoisotopic (exact) mass is 612 g/mol. The summed E-state index contributed by atoms with van der Waals surface area (Å²) in [7, 11) is 0. The van der Waals surface area contributed by atoms with Crippen LogP contribution in [0, 0.1) is 0 Å². The molecular formula is C28H30F2N8O4S. The molecule has 12 nitrogen and oxygen atoms in total. The van der Waals surface area contributed by atoms with E-state index in [1.165, 1.54) is 27.7 Å². The lowest BCUT2D eigenvalue weighted by Crippen LogP contribution is -2.49. The predicted octanol–water partition coefficient (Wildman–Crippen LogP) is 3.10. The molecule has 6 rings (SSSR count). The van der Waals surface area contributed by atoms with Crippen molar-refractivity contribution in [1.82, 2.24) is 34.2 Å². The average molecular weight is 613 g/mol. The molecule has 2 fully saturated rings. The van der Waals surface area contributed by atoms with E-state index in [-0.39, 0.29) is 46.0 Å². The molecule has 15 heteroatoms. The number of alkyl halides is 2. The number of hydrogen-bond donors (Lipinski definition) is 1. The van der Waals surface area contributed by atoms with Crippen LogP contribution in [-0.4, -0.2) is 104 Å². The van der Waals surface area contributed by atoms with Crippen LogP contribution in [0.2, 0.25) is 0 Å². The van der Waals surface area contributed by atoms with E-state index in [4.69, 9.17) is 9.47 Å². The van der Waals surface area contributed by atoms with Gasteiger partial charge in [0, 0.05) is 55.2 Å². The highest BCUT2D eigenvalue weighted by atomic mass is 32.2. The summed E-state index contributed by atoms with van der Waals surface area (Å²) >= 11 is 1.55. The van der Waals surface area contributed by atoms with Gasteiger partial charge in [0.2, 0.25) is 5.91 Å². The standard InChI is InChI=1S/C28H30F2N8O4S/c1-2-35-8-10-36(11-9-35)24(39)15-37-14-22(33-27(40)21-13-32-38-7-3-6-31-26(21)38)25(34-37)20-12-18(43-19-16-41-17-19)4-5-23(20)42-28(29)30/h3-7,12-14,19,28H,2,8-11,15-17H2,1H3,(H,33,40). The number of anilines is 1. The Morgan fingerprint density at radius 3 is 2.74 bits per heavy atom. The number of piperazine rings is 1. The quantitative estimate of drug-likeness (QED) is 0.288. The first-order valence-electron chi connectivity index (χ1n) is 13.9. The zero-order valence-corrected chi connectivity index (χ0v) is 24.2. The molecule has 1 N–H and O–H groups in total. The van der Waals surface area contributed by atoms with Crippen LogP contribution in [0.15, 0.2) is 53.9 Å². The first-order valence-corrected chi connectivity index (χ1v) is 14.8. The fourth-order valence-corrected chi connectivity index (χ4v) is 6.01. The Morgan fingerprint density at radius 1 is 1.21 bits per heavy atom. The number of ether oxygens (including phenoxy) is 2. The maximum Gasteiger partial charge on any atom is 0.387 e. The van der Waals surface area contributed by atoms with E-state index in [0.29, 0.717) is 32.0 Å². The Bertz CT molecular complexity index is 1620. The number of aromatic nitrogens is 5. The fourth-order valence-electron chi connectivity index (χ4n) is 4.96. The topological polar surface area (TPSA) is 119 Å². The van der Waals surface area contributed by atoms with Crippen LogP contribution in [0.3, 0.4) is 0 Å². The van der Waals surface area contributed by atoms with Crippen molar-refractivity contribution in [2.75, 3.05) is 51.3 Å². The Hall–Kier alpha value is -4.08. The summed E-state index contributed by atoms with van der Waals surface area (Å²) < 4.78 is 39.9. The maximum atomic E-state index is 13.5. The normalized spacial score (nSPS) is 16.0. The van der Waals surface area contributed by atoms with Gasteiger partial charge in [-0.25, -0.2) is 9.50 Å². The van der Waals surface area contributed by atoms with E-state index in [9.17, 15) is 18.4 Å². The second-order valence-electron chi connectivity index (χ2n) is 10.1. The van der Waals surface area contributed by atoms with Crippen LogP contribution in [-0.2, 0) is 16.1 Å². The number of hydrogen-bond acceptors (Lipinski definition) is 9. The van der Waals surface area contributed by atoms with Gasteiger partial charge in [-0.05, 0) is 30.8 Å². The minimum absolute atomic E-state index is 0.0911. The molecule has 2 aliphatic rings. The highest BCUT2D eigenvalue weighted by Gasteiger charge is 2.26. The van der Waals surface area contributed by atoms with Crippen LogP contribution < -0.4 is 10.1 Å². The van der Waals surface area contributed by atoms with Crippen molar-refractivity contribution in [3.05, 3.63) is 54.6 Å². The highest BCUT2D eigenvalue weighted by molar-refractivity contribution is 8.00. The molecule has 0 spiro atoms. The van der Waals surface area contributed by atoms with Gasteiger partial charge in [0.1, 0.15) is 23.6 Å². The van der Waals surface area contributed by atoms with E-state index in [1.54, 1.807) is 47.3 Å². The summed E-state index contributed by atoms with van der Waals surface area (Å²) in [6.45, 7) is 3.79. The molecule has 2 saturated heterocycles. The molecule has 0 aliphatic carbocycles. The smallest absolute Gasteiger partial charge is 0.387 e. The number of nitrogens with one attached hydrogen (secondary N) is 1. The molecule has 1 aromatic carbocycles. The minimum Gasteiger partial charge on any atom is -0.434 e. The molecule has 2 aliphatic heterocycles. The van der Waals surface area contributed by atoms with E-state index in [1.807, 2.05) is 0 Å². The average Bonchev–Trinajstić information content (AvgIpc) is 3.59. The lowest BCUT2D eigenvalue weighted by Gasteiger charge is -2.34. The van der Waals surface area contributed by atoms with E-state index in [2.05, 4.69) is 32.3 Å². The van der Waals surface area contributed by atoms with Gasteiger partial charge in [-0.2, -0.15) is 19.0 Å². The third-order valence-corrected chi connectivity index (χ3v) is 8.47. The van der Waals surface area contributed by atoms with E-state index >= 15 is 0 Å². The van der Waals surface area contributed by atoms with Crippen molar-refractivity contribution in [1.29, 1.82) is 0 Å². The largest absolute Gasteiger partial charge is 0.434 e. The molecule has 5 heterocycles. The second-order valence-corrected chi connectivity index (χ2v) is 11.5. The summed E-state index contributed by atoms with van der Waals surface area (Å²) in [5, 5.41) is 11.9. The SMILES string of the molecule is CCN1CCN(C(=O)Cn2cc(NC(=O)c3cnn4cccnc34)c(-c3cc(SC4COC4)ccc3OC(F)F)n2)CC1. The molecule has 0 saturated carbocycles. The third kappa shape index (κ3) is 6.48. The summed E-state index contributed by atoms with van der Waals surface area (Å²) in [5.41, 5.74) is 1.21. The van der Waals surface area contributed by atoms with Crippen LogP contribution in [0.5, 0.6) is 5.75 Å². The Balaban J connectivity index is 1.34. The number of carbonyl (C=O) groups excluding carboxylic acids is 2. The number of likely N-dealkylation sites (N-methyl/N-ethyl adjacent to an activating group) is 1. The Kier molecular flexibility index (Phi) is 8.54. The summed E-state index contributed by atoms with van der Waals surface area (Å²) in [4.78, 5) is 35.7. The van der Waals surface area contributed by atoms with Gasteiger partial charge in [0.15, 0.2) is 5.65 Å². The summed E-state index contributed by atoms with van der Waals surface area (Å²) in [6.07, 6.45) is 6.13. The van der Waals surface area contributed by atoms with Crippen molar-refractivity contribution in [3.8, 4) is 17.0 Å². The zero-order chi connectivity index (χ0) is 29.9. The van der Waals surface area contributed by atoms with Crippen molar-refractivity contribution in [2.24, 2.45) is 0 Å². The Morgan fingerprint density at radius 2 is 2.02 bits per heavy atom. The van der Waals surface area contributed by atoms with E-state index < -0.39 is 12.5 Å². The lowest BCUT2D eigenvalue weighted by molar-refractivity contribution is -0.133. The first-order chi connectivity index (χ1) is 20.9. The van der Waals surface area contributed by atoms with Gasteiger partial charge in [-0.1, -0.05) is 6.92 Å². The molecule has 3 aromatic heterocycles. The second kappa shape index (κ2) is 12.7. The molecular weight excluding hydrogens is 582 g/mol. The van der Waals surface area contributed by atoms with E-state index in [0.717, 1.165) is 24.5 Å². The van der Waals surface area contributed by atoms with Gasteiger partial charge in [-0.15, -0.1) is 11.8 Å². The van der Waals surface area contributed by atoms with Crippen LogP contribution >= 0.6 is 11.8 Å². The molecule has 0 bridgehead atoms. The number of nitrogens with zero attached hydrogens (tertiary/aromatic N) is 7. The molecule has 0 radical (unpaired) electrons. The van der Waals surface area contributed by atoms with Crippen molar-refractivity contribution in [3.63, 3.8) is 0 Å². The minimum atomic E-state index is -3.08. The van der Waals surface area contributed by atoms with Crippen molar-refractivity contribution < 1.29 is 27.8 Å². The van der Waals surface area contributed by atoms with Crippen LogP contribution in [0.1, 0.15) is 17.3 Å². The molecule has 0 unspecified atom stereocenters. The van der Waals surface area contributed by atoms with Crippen LogP contribution in [0.25, 0.3) is 16.9 Å². The Labute approximate surface area is 249 Å². The van der Waals surface area contributed by atoms with Crippen LogP contribution in [0.4, 0.5) is 14.5 Å². The number of rotatable bonds is 10. The zero-order valence-electron chi connectivity index (χ0n) is 23.4. The fraction of sp³-hybridized carbons (Fsp3) is 0.393. The van der Waals surface area contributed by atoms with Gasteiger partial charge in [0.25, 0.3) is 5.91 Å². The lowest BCUT2D eigenvalue weighted by atomic mass is 10.1.